The zero-order valence-corrected chi connectivity index (χ0v) is 21.1. The first-order chi connectivity index (χ1) is 13.6. The number of nitrogens with zero attached hydrogens (tertiary/aromatic N) is 3. The predicted octanol–water partition coefficient (Wildman–Crippen LogP) is 2.96. The van der Waals surface area contributed by atoms with E-state index in [1.165, 1.54) is 5.56 Å². The molecule has 166 valence electrons. The highest BCUT2D eigenvalue weighted by atomic mass is 127. The summed E-state index contributed by atoms with van der Waals surface area (Å²) >= 11 is 0. The van der Waals surface area contributed by atoms with Crippen LogP contribution in [-0.4, -0.2) is 81.8 Å². The highest BCUT2D eigenvalue weighted by Crippen LogP contribution is 2.25. The van der Waals surface area contributed by atoms with Crippen molar-refractivity contribution in [3.63, 3.8) is 0 Å². The highest BCUT2D eigenvalue weighted by Gasteiger charge is 2.34. The lowest BCUT2D eigenvalue weighted by Crippen LogP contribution is -2.57. The molecule has 1 atom stereocenters. The van der Waals surface area contributed by atoms with E-state index in [0.717, 1.165) is 58.2 Å². The van der Waals surface area contributed by atoms with Gasteiger partial charge in [-0.05, 0) is 45.6 Å². The maximum absolute atomic E-state index is 5.58. The second kappa shape index (κ2) is 13.4. The van der Waals surface area contributed by atoms with E-state index in [1.54, 1.807) is 0 Å². The molecular weight excluding hydrogens is 477 g/mol. The summed E-state index contributed by atoms with van der Waals surface area (Å²) in [5, 5.41) is 7.13. The Kier molecular flexibility index (Phi) is 12.1. The molecule has 0 bridgehead atoms. The first-order valence-corrected chi connectivity index (χ1v) is 10.5. The monoisotopic (exact) mass is 517 g/mol. The molecule has 1 unspecified atom stereocenters. The standard InChI is InChI=1S/C22H39N5O.HI/c1-6-27(7-2)20(19-11-9-8-10-12-19)17-24-21(23-3)25-18-22(26(4)5)13-15-28-16-14-22;/h8-12,20H,6-7,13-18H2,1-5H3,(H2,23,24,25);1H. The minimum atomic E-state index is 0. The van der Waals surface area contributed by atoms with Gasteiger partial charge < -0.3 is 20.3 Å². The second-order valence-electron chi connectivity index (χ2n) is 7.69. The van der Waals surface area contributed by atoms with Gasteiger partial charge in [-0.15, -0.1) is 24.0 Å². The van der Waals surface area contributed by atoms with Crippen LogP contribution in [0.4, 0.5) is 0 Å². The van der Waals surface area contributed by atoms with Crippen molar-refractivity contribution < 1.29 is 4.74 Å². The molecule has 2 rings (SSSR count). The fourth-order valence-corrected chi connectivity index (χ4v) is 3.99. The molecule has 0 amide bonds. The summed E-state index contributed by atoms with van der Waals surface area (Å²) in [5.74, 6) is 0.862. The average molecular weight is 518 g/mol. The van der Waals surface area contributed by atoms with Crippen molar-refractivity contribution in [2.45, 2.75) is 38.3 Å². The second-order valence-corrected chi connectivity index (χ2v) is 7.69. The maximum atomic E-state index is 5.58. The van der Waals surface area contributed by atoms with E-state index in [2.05, 4.69) is 83.7 Å². The molecule has 29 heavy (non-hydrogen) atoms. The first kappa shape index (κ1) is 26.1. The van der Waals surface area contributed by atoms with Gasteiger partial charge >= 0.3 is 0 Å². The molecule has 0 radical (unpaired) electrons. The lowest BCUT2D eigenvalue weighted by Gasteiger charge is -2.43. The number of hydrogen-bond acceptors (Lipinski definition) is 4. The number of ether oxygens (including phenoxy) is 1. The quantitative estimate of drug-likeness (QED) is 0.300. The van der Waals surface area contributed by atoms with Crippen LogP contribution in [0.15, 0.2) is 35.3 Å². The normalized spacial score (nSPS) is 17.7. The lowest BCUT2D eigenvalue weighted by molar-refractivity contribution is -0.00502. The smallest absolute Gasteiger partial charge is 0.191 e. The largest absolute Gasteiger partial charge is 0.381 e. The van der Waals surface area contributed by atoms with Crippen molar-refractivity contribution >= 4 is 29.9 Å². The van der Waals surface area contributed by atoms with Crippen molar-refractivity contribution in [2.24, 2.45) is 4.99 Å². The summed E-state index contributed by atoms with van der Waals surface area (Å²) in [6.45, 7) is 9.82. The van der Waals surface area contributed by atoms with E-state index in [9.17, 15) is 0 Å². The van der Waals surface area contributed by atoms with Crippen LogP contribution >= 0.6 is 24.0 Å². The molecule has 0 saturated carbocycles. The summed E-state index contributed by atoms with van der Waals surface area (Å²) in [6.07, 6.45) is 2.08. The van der Waals surface area contributed by atoms with Crippen molar-refractivity contribution in [3.05, 3.63) is 35.9 Å². The number of benzene rings is 1. The van der Waals surface area contributed by atoms with Crippen LogP contribution in [-0.2, 0) is 4.74 Å². The van der Waals surface area contributed by atoms with Gasteiger partial charge in [-0.2, -0.15) is 0 Å². The molecule has 1 aliphatic heterocycles. The van der Waals surface area contributed by atoms with E-state index in [-0.39, 0.29) is 29.5 Å². The molecule has 0 aromatic heterocycles. The summed E-state index contributed by atoms with van der Waals surface area (Å²) in [4.78, 5) is 9.28. The summed E-state index contributed by atoms with van der Waals surface area (Å²) in [5.41, 5.74) is 1.46. The predicted molar refractivity (Wildman–Crippen MR) is 133 cm³/mol. The van der Waals surface area contributed by atoms with Crippen molar-refractivity contribution in [2.75, 3.05) is 60.5 Å². The van der Waals surface area contributed by atoms with E-state index in [1.807, 2.05) is 7.05 Å². The van der Waals surface area contributed by atoms with E-state index >= 15 is 0 Å². The van der Waals surface area contributed by atoms with Crippen LogP contribution in [0.1, 0.15) is 38.3 Å². The number of aliphatic imine (C=N–C) groups is 1. The van der Waals surface area contributed by atoms with Crippen molar-refractivity contribution in [1.82, 2.24) is 20.4 Å². The molecule has 1 heterocycles. The van der Waals surface area contributed by atoms with E-state index < -0.39 is 0 Å². The first-order valence-electron chi connectivity index (χ1n) is 10.5. The van der Waals surface area contributed by atoms with Gasteiger partial charge in [0.05, 0.1) is 6.04 Å². The van der Waals surface area contributed by atoms with Crippen LogP contribution in [0.2, 0.25) is 0 Å². The van der Waals surface area contributed by atoms with Gasteiger partial charge in [0.15, 0.2) is 5.96 Å². The Balaban J connectivity index is 0.00000420. The van der Waals surface area contributed by atoms with Gasteiger partial charge in [0, 0.05) is 38.9 Å². The molecule has 1 saturated heterocycles. The summed E-state index contributed by atoms with van der Waals surface area (Å²) in [7, 11) is 6.17. The molecule has 7 heteroatoms. The van der Waals surface area contributed by atoms with Gasteiger partial charge in [0.1, 0.15) is 0 Å². The third-order valence-corrected chi connectivity index (χ3v) is 6.08. The Morgan fingerprint density at radius 2 is 1.72 bits per heavy atom. The van der Waals surface area contributed by atoms with Gasteiger partial charge in [0.2, 0.25) is 0 Å². The number of nitrogens with one attached hydrogen (secondary N) is 2. The number of halogens is 1. The number of guanidine groups is 1. The Labute approximate surface area is 194 Å². The SMILES string of the molecule is CCN(CC)C(CNC(=NC)NCC1(N(C)C)CCOCC1)c1ccccc1.I. The Hall–Kier alpha value is -0.900. The van der Waals surface area contributed by atoms with E-state index in [0.29, 0.717) is 6.04 Å². The zero-order valence-electron chi connectivity index (χ0n) is 18.8. The topological polar surface area (TPSA) is 52.1 Å². The average Bonchev–Trinajstić information content (AvgIpc) is 2.74. The molecule has 1 aromatic carbocycles. The van der Waals surface area contributed by atoms with Crippen LogP contribution < -0.4 is 10.6 Å². The molecule has 1 aliphatic rings. The molecule has 0 aliphatic carbocycles. The Morgan fingerprint density at radius 3 is 2.24 bits per heavy atom. The fourth-order valence-electron chi connectivity index (χ4n) is 3.99. The van der Waals surface area contributed by atoms with Crippen LogP contribution in [0.25, 0.3) is 0 Å². The molecule has 1 fully saturated rings. The van der Waals surface area contributed by atoms with Gasteiger partial charge in [0.25, 0.3) is 0 Å². The molecule has 2 N–H and O–H groups in total. The molecule has 1 aromatic rings. The minimum absolute atomic E-state index is 0. The zero-order chi connectivity index (χ0) is 20.4. The van der Waals surface area contributed by atoms with Gasteiger partial charge in [-0.25, -0.2) is 0 Å². The van der Waals surface area contributed by atoms with Crippen LogP contribution in [0.3, 0.4) is 0 Å². The maximum Gasteiger partial charge on any atom is 0.191 e. The fraction of sp³-hybridized carbons (Fsp3) is 0.682. The van der Waals surface area contributed by atoms with Crippen molar-refractivity contribution in [1.29, 1.82) is 0 Å². The number of likely N-dealkylation sites (N-methyl/N-ethyl adjacent to an activating group) is 2. The number of hydrogen-bond donors (Lipinski definition) is 2. The van der Waals surface area contributed by atoms with E-state index in [4.69, 9.17) is 4.74 Å². The third kappa shape index (κ3) is 7.38. The third-order valence-electron chi connectivity index (χ3n) is 6.08. The van der Waals surface area contributed by atoms with Crippen molar-refractivity contribution in [3.8, 4) is 0 Å². The molecule has 6 nitrogen and oxygen atoms in total. The minimum Gasteiger partial charge on any atom is -0.381 e. The molecule has 0 spiro atoms. The summed E-state index contributed by atoms with van der Waals surface area (Å²) in [6, 6.07) is 11.1. The highest BCUT2D eigenvalue weighted by molar-refractivity contribution is 14.0. The lowest BCUT2D eigenvalue weighted by atomic mass is 9.88. The number of rotatable bonds is 9. The van der Waals surface area contributed by atoms with Crippen LogP contribution in [0, 0.1) is 0 Å². The Morgan fingerprint density at radius 1 is 1.10 bits per heavy atom. The molecular formula is C22H40IN5O. The summed E-state index contributed by atoms with van der Waals surface area (Å²) < 4.78 is 5.58. The van der Waals surface area contributed by atoms with Gasteiger partial charge in [-0.3, -0.25) is 9.89 Å². The van der Waals surface area contributed by atoms with Gasteiger partial charge in [-0.1, -0.05) is 44.2 Å². The van der Waals surface area contributed by atoms with Crippen LogP contribution in [0.5, 0.6) is 0 Å². The Bertz CT molecular complexity index is 586.